The second-order valence-electron chi connectivity index (χ2n) is 5.93. The van der Waals surface area contributed by atoms with Crippen LogP contribution < -0.4 is 5.73 Å². The summed E-state index contributed by atoms with van der Waals surface area (Å²) in [7, 11) is 0. The van der Waals surface area contributed by atoms with Gasteiger partial charge in [-0.05, 0) is 18.8 Å². The second-order valence-corrected chi connectivity index (χ2v) is 5.93. The molecule has 5 nitrogen and oxygen atoms in total. The minimum absolute atomic E-state index is 0.130. The molecule has 3 heterocycles. The van der Waals surface area contributed by atoms with E-state index in [-0.39, 0.29) is 5.92 Å². The molecule has 2 N–H and O–H groups in total. The van der Waals surface area contributed by atoms with E-state index in [0.29, 0.717) is 18.9 Å². The van der Waals surface area contributed by atoms with Crippen LogP contribution in [0.4, 0.5) is 13.2 Å². The van der Waals surface area contributed by atoms with Crippen LogP contribution in [0.15, 0.2) is 0 Å². The number of esters is 1. The Morgan fingerprint density at radius 3 is 2.50 bits per heavy atom. The maximum Gasteiger partial charge on any atom is 0.490 e. The molecule has 0 aromatic rings. The third-order valence-electron chi connectivity index (χ3n) is 4.65. The Morgan fingerprint density at radius 1 is 1.20 bits per heavy atom. The molecule has 4 fully saturated rings. The van der Waals surface area contributed by atoms with Gasteiger partial charge in [-0.3, -0.25) is 9.69 Å². The van der Waals surface area contributed by atoms with Crippen LogP contribution in [-0.4, -0.2) is 48.2 Å². The summed E-state index contributed by atoms with van der Waals surface area (Å²) >= 11 is 0. The second kappa shape index (κ2) is 4.34. The Hall–Kier alpha value is -1.31. The number of carbonyl (C=O) groups excluding carboxylic acids is 2. The molecule has 4 rings (SSSR count). The number of ether oxygens (including phenoxy) is 1. The molecule has 8 heteroatoms. The van der Waals surface area contributed by atoms with Crippen molar-refractivity contribution in [3.63, 3.8) is 0 Å². The zero-order valence-corrected chi connectivity index (χ0v) is 10.6. The van der Waals surface area contributed by atoms with Crippen LogP contribution >= 0.6 is 0 Å². The zero-order chi connectivity index (χ0) is 14.7. The van der Waals surface area contributed by atoms with Crippen LogP contribution in [-0.2, 0) is 14.3 Å². The zero-order valence-electron chi connectivity index (χ0n) is 10.6. The number of nitrogens with two attached hydrogens (primary N) is 1. The van der Waals surface area contributed by atoms with Gasteiger partial charge in [0, 0.05) is 24.9 Å². The molecule has 3 aliphatic heterocycles. The molecule has 0 spiro atoms. The molecular formula is C12H15F3N2O3. The number of primary amides is 1. The monoisotopic (exact) mass is 292 g/mol. The van der Waals surface area contributed by atoms with Crippen LogP contribution in [0, 0.1) is 17.8 Å². The highest BCUT2D eigenvalue weighted by atomic mass is 19.4. The van der Waals surface area contributed by atoms with Crippen molar-refractivity contribution in [3.05, 3.63) is 0 Å². The first-order chi connectivity index (χ1) is 9.27. The van der Waals surface area contributed by atoms with Gasteiger partial charge in [-0.2, -0.15) is 13.2 Å². The van der Waals surface area contributed by atoms with E-state index < -0.39 is 36.1 Å². The SMILES string of the molecule is NC(=O)C1C2CC3CC(CN1C3)[C@@H]2OC(=O)C(F)(F)F. The van der Waals surface area contributed by atoms with E-state index in [2.05, 4.69) is 4.74 Å². The number of rotatable bonds is 2. The highest BCUT2D eigenvalue weighted by Crippen LogP contribution is 2.48. The van der Waals surface area contributed by atoms with Crippen LogP contribution in [0.3, 0.4) is 0 Å². The summed E-state index contributed by atoms with van der Waals surface area (Å²) in [6, 6.07) is -0.617. The smallest absolute Gasteiger partial charge is 0.455 e. The summed E-state index contributed by atoms with van der Waals surface area (Å²) in [5.41, 5.74) is 5.35. The number of alkyl halides is 3. The molecule has 1 amide bonds. The lowest BCUT2D eigenvalue weighted by molar-refractivity contribution is -0.224. The molecule has 0 aromatic heterocycles. The molecule has 4 aliphatic rings. The van der Waals surface area contributed by atoms with E-state index in [0.717, 1.165) is 13.0 Å². The van der Waals surface area contributed by atoms with Crippen molar-refractivity contribution in [1.29, 1.82) is 0 Å². The van der Waals surface area contributed by atoms with Gasteiger partial charge in [0.2, 0.25) is 5.91 Å². The predicted molar refractivity (Wildman–Crippen MR) is 60.2 cm³/mol. The Morgan fingerprint density at radius 2 is 1.90 bits per heavy atom. The minimum atomic E-state index is -5.00. The molecule has 5 unspecified atom stereocenters. The Bertz CT molecular complexity index is 454. The van der Waals surface area contributed by atoms with Crippen molar-refractivity contribution in [2.24, 2.45) is 23.5 Å². The van der Waals surface area contributed by atoms with E-state index in [4.69, 9.17) is 5.73 Å². The van der Waals surface area contributed by atoms with E-state index in [1.165, 1.54) is 0 Å². The van der Waals surface area contributed by atoms with Crippen LogP contribution in [0.1, 0.15) is 12.8 Å². The van der Waals surface area contributed by atoms with Gasteiger partial charge in [-0.15, -0.1) is 0 Å². The Balaban J connectivity index is 1.81. The molecule has 0 radical (unpaired) electrons. The first kappa shape index (κ1) is 13.7. The lowest BCUT2D eigenvalue weighted by Crippen LogP contribution is -2.69. The summed E-state index contributed by atoms with van der Waals surface area (Å²) < 4.78 is 41.7. The number of piperidine rings is 3. The molecular weight excluding hydrogens is 277 g/mol. The fourth-order valence-corrected chi connectivity index (χ4v) is 4.13. The summed E-state index contributed by atoms with van der Waals surface area (Å²) in [4.78, 5) is 24.5. The van der Waals surface area contributed by atoms with Gasteiger partial charge >= 0.3 is 12.1 Å². The van der Waals surface area contributed by atoms with Crippen LogP contribution in [0.25, 0.3) is 0 Å². The van der Waals surface area contributed by atoms with Crippen molar-refractivity contribution >= 4 is 11.9 Å². The Labute approximate surface area is 113 Å². The summed E-state index contributed by atoms with van der Waals surface area (Å²) in [6.45, 7) is 1.22. The van der Waals surface area contributed by atoms with Gasteiger partial charge in [-0.1, -0.05) is 0 Å². The van der Waals surface area contributed by atoms with E-state index >= 15 is 0 Å². The largest absolute Gasteiger partial charge is 0.490 e. The number of nitrogens with zero attached hydrogens (tertiary/aromatic N) is 1. The average molecular weight is 292 g/mol. The maximum atomic E-state index is 12.3. The number of amides is 1. The average Bonchev–Trinajstić information content (AvgIpc) is 2.31. The van der Waals surface area contributed by atoms with E-state index in [1.807, 2.05) is 4.90 Å². The summed E-state index contributed by atoms with van der Waals surface area (Å²) in [5.74, 6) is -2.91. The number of hydrogen-bond acceptors (Lipinski definition) is 4. The topological polar surface area (TPSA) is 72.6 Å². The standard InChI is InChI=1S/C12H15F3N2O3/c13-12(14,15)11(19)20-9-6-1-5-2-7(9)8(10(16)18)17(3-5)4-6/h5-9H,1-4H2,(H2,16,18)/t5?,6?,7?,8?,9-/m0/s1. The molecule has 1 aliphatic carbocycles. The van der Waals surface area contributed by atoms with Crippen molar-refractivity contribution < 1.29 is 27.5 Å². The fraction of sp³-hybridized carbons (Fsp3) is 0.833. The van der Waals surface area contributed by atoms with E-state index in [1.54, 1.807) is 0 Å². The Kier molecular flexibility index (Phi) is 2.97. The van der Waals surface area contributed by atoms with E-state index in [9.17, 15) is 22.8 Å². The minimum Gasteiger partial charge on any atom is -0.455 e. The third kappa shape index (κ3) is 2.06. The molecule has 6 atom stereocenters. The van der Waals surface area contributed by atoms with Gasteiger partial charge in [-0.25, -0.2) is 4.79 Å². The quantitative estimate of drug-likeness (QED) is 0.742. The fourth-order valence-electron chi connectivity index (χ4n) is 4.13. The molecule has 20 heavy (non-hydrogen) atoms. The lowest BCUT2D eigenvalue weighted by atomic mass is 9.63. The highest BCUT2D eigenvalue weighted by molar-refractivity contribution is 5.81. The molecule has 112 valence electrons. The van der Waals surface area contributed by atoms with Gasteiger partial charge in [0.15, 0.2) is 0 Å². The summed E-state index contributed by atoms with van der Waals surface area (Å²) in [6.07, 6.45) is -4.52. The van der Waals surface area contributed by atoms with Crippen molar-refractivity contribution in [2.45, 2.75) is 31.2 Å². The third-order valence-corrected chi connectivity index (χ3v) is 4.65. The normalized spacial score (nSPS) is 42.5. The number of halogens is 3. The highest BCUT2D eigenvalue weighted by Gasteiger charge is 2.57. The van der Waals surface area contributed by atoms with Gasteiger partial charge < -0.3 is 10.5 Å². The van der Waals surface area contributed by atoms with Crippen molar-refractivity contribution in [1.82, 2.24) is 4.90 Å². The summed E-state index contributed by atoms with van der Waals surface area (Å²) in [5, 5.41) is 0. The molecule has 4 bridgehead atoms. The van der Waals surface area contributed by atoms with Crippen LogP contribution in [0.2, 0.25) is 0 Å². The maximum absolute atomic E-state index is 12.3. The van der Waals surface area contributed by atoms with Crippen molar-refractivity contribution in [2.75, 3.05) is 13.1 Å². The van der Waals surface area contributed by atoms with Crippen molar-refractivity contribution in [3.8, 4) is 0 Å². The van der Waals surface area contributed by atoms with Gasteiger partial charge in [0.05, 0.1) is 6.04 Å². The number of hydrogen-bond donors (Lipinski definition) is 1. The first-order valence-electron chi connectivity index (χ1n) is 6.58. The number of carbonyl (C=O) groups is 2. The predicted octanol–water partition coefficient (Wildman–Crippen LogP) is 0.286. The molecule has 1 saturated carbocycles. The van der Waals surface area contributed by atoms with Gasteiger partial charge in [0.25, 0.3) is 0 Å². The molecule has 0 aromatic carbocycles. The first-order valence-corrected chi connectivity index (χ1v) is 6.58. The van der Waals surface area contributed by atoms with Crippen LogP contribution in [0.5, 0.6) is 0 Å². The van der Waals surface area contributed by atoms with Gasteiger partial charge in [0.1, 0.15) is 6.10 Å². The lowest BCUT2D eigenvalue weighted by Gasteiger charge is -2.58. The molecule has 3 saturated heterocycles.